The van der Waals surface area contributed by atoms with E-state index in [0.29, 0.717) is 5.82 Å². The van der Waals surface area contributed by atoms with Crippen molar-refractivity contribution in [2.24, 2.45) is 0 Å². The molecule has 2 heterocycles. The first-order chi connectivity index (χ1) is 9.29. The van der Waals surface area contributed by atoms with E-state index in [9.17, 15) is 0 Å². The number of hydrogen-bond donors (Lipinski definition) is 1. The summed E-state index contributed by atoms with van der Waals surface area (Å²) in [6, 6.07) is 8.08. The Morgan fingerprint density at radius 1 is 1.11 bits per heavy atom. The fraction of sp³-hybridized carbons (Fsp3) is 0.0714. The van der Waals surface area contributed by atoms with Crippen LogP contribution in [0.25, 0.3) is 22.2 Å². The van der Waals surface area contributed by atoms with Crippen LogP contribution in [0.2, 0.25) is 0 Å². The molecule has 0 saturated carbocycles. The highest BCUT2D eigenvalue weighted by molar-refractivity contribution is 9.10. The van der Waals surface area contributed by atoms with Gasteiger partial charge in [-0.15, -0.1) is 0 Å². The predicted molar refractivity (Wildman–Crippen MR) is 80.0 cm³/mol. The molecule has 2 aromatic heterocycles. The number of nitrogens with one attached hydrogen (secondary N) is 1. The third-order valence-corrected chi connectivity index (χ3v) is 3.47. The fourth-order valence-electron chi connectivity index (χ4n) is 1.97. The van der Waals surface area contributed by atoms with Gasteiger partial charge in [0.25, 0.3) is 0 Å². The Kier molecular flexibility index (Phi) is 3.13. The molecule has 0 radical (unpaired) electrons. The number of pyridine rings is 1. The van der Waals surface area contributed by atoms with E-state index in [0.717, 1.165) is 26.6 Å². The van der Waals surface area contributed by atoms with E-state index in [4.69, 9.17) is 0 Å². The molecule has 0 spiro atoms. The van der Waals surface area contributed by atoms with Gasteiger partial charge in [-0.25, -0.2) is 9.97 Å². The lowest BCUT2D eigenvalue weighted by atomic mass is 10.1. The van der Waals surface area contributed by atoms with Crippen molar-refractivity contribution in [3.8, 4) is 11.4 Å². The van der Waals surface area contributed by atoms with Gasteiger partial charge in [0.2, 0.25) is 0 Å². The maximum atomic E-state index is 4.50. The van der Waals surface area contributed by atoms with Crippen LogP contribution in [-0.4, -0.2) is 22.0 Å². The largest absolute Gasteiger partial charge is 0.372 e. The summed E-state index contributed by atoms with van der Waals surface area (Å²) in [5, 5.41) is 5.22. The van der Waals surface area contributed by atoms with Gasteiger partial charge >= 0.3 is 0 Å². The second-order valence-electron chi connectivity index (χ2n) is 4.05. The summed E-state index contributed by atoms with van der Waals surface area (Å²) in [4.78, 5) is 13.1. The van der Waals surface area contributed by atoms with Crippen molar-refractivity contribution in [3.05, 3.63) is 47.3 Å². The lowest BCUT2D eigenvalue weighted by Gasteiger charge is -2.07. The zero-order valence-corrected chi connectivity index (χ0v) is 11.8. The minimum absolute atomic E-state index is 0.664. The van der Waals surface area contributed by atoms with Crippen molar-refractivity contribution in [1.82, 2.24) is 15.0 Å². The fourth-order valence-corrected chi connectivity index (χ4v) is 2.36. The van der Waals surface area contributed by atoms with Gasteiger partial charge in [-0.2, -0.15) is 0 Å². The number of benzene rings is 1. The van der Waals surface area contributed by atoms with Gasteiger partial charge in [0, 0.05) is 36.6 Å². The highest BCUT2D eigenvalue weighted by Crippen LogP contribution is 2.27. The number of hydrogen-bond acceptors (Lipinski definition) is 4. The van der Waals surface area contributed by atoms with Crippen molar-refractivity contribution < 1.29 is 0 Å². The summed E-state index contributed by atoms with van der Waals surface area (Å²) in [5.74, 6) is 1.43. The van der Waals surface area contributed by atoms with E-state index in [1.807, 2.05) is 31.4 Å². The average Bonchev–Trinajstić information content (AvgIpc) is 2.47. The predicted octanol–water partition coefficient (Wildman–Crippen LogP) is 3.50. The monoisotopic (exact) mass is 314 g/mol. The normalized spacial score (nSPS) is 10.6. The maximum absolute atomic E-state index is 4.50. The number of anilines is 1. The van der Waals surface area contributed by atoms with E-state index in [1.54, 1.807) is 12.4 Å². The zero-order chi connectivity index (χ0) is 13.2. The molecule has 0 atom stereocenters. The Labute approximate surface area is 119 Å². The van der Waals surface area contributed by atoms with E-state index in [2.05, 4.69) is 42.3 Å². The highest BCUT2D eigenvalue weighted by atomic mass is 79.9. The Morgan fingerprint density at radius 2 is 1.95 bits per heavy atom. The minimum atomic E-state index is 0.664. The van der Waals surface area contributed by atoms with Crippen LogP contribution in [0, 0.1) is 0 Å². The third-order valence-electron chi connectivity index (χ3n) is 2.89. The van der Waals surface area contributed by atoms with Crippen LogP contribution in [0.5, 0.6) is 0 Å². The summed E-state index contributed by atoms with van der Waals surface area (Å²) in [6.07, 6.45) is 5.39. The van der Waals surface area contributed by atoms with Gasteiger partial charge in [-0.3, -0.25) is 4.98 Å². The van der Waals surface area contributed by atoms with Crippen LogP contribution in [0.3, 0.4) is 0 Å². The first-order valence-corrected chi connectivity index (χ1v) is 6.62. The van der Waals surface area contributed by atoms with E-state index >= 15 is 0 Å². The smallest absolute Gasteiger partial charge is 0.163 e. The molecule has 0 bridgehead atoms. The van der Waals surface area contributed by atoms with Crippen LogP contribution in [-0.2, 0) is 0 Å². The highest BCUT2D eigenvalue weighted by Gasteiger charge is 2.09. The van der Waals surface area contributed by atoms with Crippen LogP contribution < -0.4 is 5.32 Å². The molecule has 5 heteroatoms. The van der Waals surface area contributed by atoms with E-state index < -0.39 is 0 Å². The molecule has 4 nitrogen and oxygen atoms in total. The van der Waals surface area contributed by atoms with Crippen molar-refractivity contribution >= 4 is 32.5 Å². The van der Waals surface area contributed by atoms with E-state index in [1.165, 1.54) is 0 Å². The van der Waals surface area contributed by atoms with Gasteiger partial charge in [0.15, 0.2) is 5.82 Å². The van der Waals surface area contributed by atoms with Crippen molar-refractivity contribution in [3.63, 3.8) is 0 Å². The molecule has 94 valence electrons. The second kappa shape index (κ2) is 4.93. The Balaban J connectivity index is 2.24. The van der Waals surface area contributed by atoms with Gasteiger partial charge in [-0.1, -0.05) is 24.3 Å². The molecule has 19 heavy (non-hydrogen) atoms. The molecule has 1 N–H and O–H groups in total. The molecule has 0 aliphatic carbocycles. The number of halogens is 1. The van der Waals surface area contributed by atoms with E-state index in [-0.39, 0.29) is 0 Å². The summed E-state index contributed by atoms with van der Waals surface area (Å²) in [5.41, 5.74) is 0.933. The molecule has 0 aliphatic heterocycles. The molecule has 0 unspecified atom stereocenters. The quantitative estimate of drug-likeness (QED) is 0.786. The van der Waals surface area contributed by atoms with Crippen LogP contribution in [0.1, 0.15) is 0 Å². The van der Waals surface area contributed by atoms with Crippen LogP contribution in [0.15, 0.2) is 47.3 Å². The maximum Gasteiger partial charge on any atom is 0.163 e. The average molecular weight is 315 g/mol. The summed E-state index contributed by atoms with van der Waals surface area (Å²) >= 11 is 3.41. The van der Waals surface area contributed by atoms with Crippen molar-refractivity contribution in [2.45, 2.75) is 0 Å². The first kappa shape index (κ1) is 12.0. The standard InChI is InChI=1S/C14H11BrN4/c1-16-14-12(15)8-18-13(19-14)11-7-17-6-9-4-2-3-5-10(9)11/h2-8H,1H3,(H,16,18,19). The molecule has 3 aromatic rings. The van der Waals surface area contributed by atoms with Gasteiger partial charge in [0.05, 0.1) is 4.47 Å². The summed E-state index contributed by atoms with van der Waals surface area (Å²) in [6.45, 7) is 0. The Bertz CT molecular complexity index is 737. The summed E-state index contributed by atoms with van der Waals surface area (Å²) in [7, 11) is 1.83. The van der Waals surface area contributed by atoms with Crippen LogP contribution >= 0.6 is 15.9 Å². The SMILES string of the molecule is CNc1nc(-c2cncc3ccccc23)ncc1Br. The second-order valence-corrected chi connectivity index (χ2v) is 4.90. The number of fused-ring (bicyclic) bond motifs is 1. The molecule has 1 aromatic carbocycles. The molecule has 0 aliphatic rings. The molecule has 0 saturated heterocycles. The van der Waals surface area contributed by atoms with Crippen LogP contribution in [0.4, 0.5) is 5.82 Å². The minimum Gasteiger partial charge on any atom is -0.372 e. The van der Waals surface area contributed by atoms with Gasteiger partial charge in [-0.05, 0) is 21.3 Å². The lowest BCUT2D eigenvalue weighted by Crippen LogP contribution is -1.98. The van der Waals surface area contributed by atoms with Gasteiger partial charge < -0.3 is 5.32 Å². The number of nitrogens with zero attached hydrogens (tertiary/aromatic N) is 3. The summed E-state index contributed by atoms with van der Waals surface area (Å²) < 4.78 is 0.840. The third kappa shape index (κ3) is 2.17. The topological polar surface area (TPSA) is 50.7 Å². The van der Waals surface area contributed by atoms with Crippen molar-refractivity contribution in [1.29, 1.82) is 0 Å². The molecular formula is C14H11BrN4. The zero-order valence-electron chi connectivity index (χ0n) is 10.3. The van der Waals surface area contributed by atoms with Gasteiger partial charge in [0.1, 0.15) is 5.82 Å². The molecular weight excluding hydrogens is 304 g/mol. The Morgan fingerprint density at radius 3 is 2.79 bits per heavy atom. The molecule has 3 rings (SSSR count). The first-order valence-electron chi connectivity index (χ1n) is 5.83. The molecule has 0 fully saturated rings. The number of rotatable bonds is 2. The number of aromatic nitrogens is 3. The lowest BCUT2D eigenvalue weighted by molar-refractivity contribution is 1.15. The Hall–Kier alpha value is -2.01. The molecule has 0 amide bonds. The van der Waals surface area contributed by atoms with Crippen molar-refractivity contribution in [2.75, 3.05) is 12.4 Å².